The summed E-state index contributed by atoms with van der Waals surface area (Å²) in [5.41, 5.74) is 16.5. The molecule has 0 spiro atoms. The smallest absolute Gasteiger partial charge is 0.223 e. The highest BCUT2D eigenvalue weighted by molar-refractivity contribution is 6.19. The van der Waals surface area contributed by atoms with E-state index in [9.17, 15) is 0 Å². The lowest BCUT2D eigenvalue weighted by Gasteiger charge is -2.11. The molecular formula is C37H33BN2. The summed E-state index contributed by atoms with van der Waals surface area (Å²) in [5, 5.41) is 0. The van der Waals surface area contributed by atoms with Crippen molar-refractivity contribution in [3.05, 3.63) is 154 Å². The molecule has 2 heterocycles. The van der Waals surface area contributed by atoms with E-state index in [2.05, 4.69) is 155 Å². The summed E-state index contributed by atoms with van der Waals surface area (Å²) in [4.78, 5) is 5.24. The first-order chi connectivity index (χ1) is 19.4. The number of allylic oxidation sites excluding steroid dienone is 2. The average molecular weight is 516 g/mol. The van der Waals surface area contributed by atoms with Crippen LogP contribution in [-0.4, -0.2) is 18.2 Å². The number of nitrogens with zero attached hydrogens (tertiary/aromatic N) is 2. The summed E-state index contributed by atoms with van der Waals surface area (Å²) in [7, 11) is 2.16. The third kappa shape index (κ3) is 5.03. The lowest BCUT2D eigenvalue weighted by Crippen LogP contribution is -1.99. The number of hydrogen-bond acceptors (Lipinski definition) is 1. The van der Waals surface area contributed by atoms with E-state index in [1.807, 2.05) is 0 Å². The monoisotopic (exact) mass is 516 g/mol. The summed E-state index contributed by atoms with van der Waals surface area (Å²) < 4.78 is 2.31. The average Bonchev–Trinajstić information content (AvgIpc) is 3.50. The minimum Gasteiger partial charge on any atom is -0.393 e. The molecule has 4 aromatic carbocycles. The fraction of sp³-hybridized carbons (Fsp3) is 0.108. The molecule has 0 unspecified atom stereocenters. The molecule has 2 nitrogen and oxygen atoms in total. The van der Waals surface area contributed by atoms with Crippen LogP contribution in [0.2, 0.25) is 0 Å². The van der Waals surface area contributed by atoms with E-state index in [-0.39, 0.29) is 0 Å². The Bertz CT molecular complexity index is 1780. The molecule has 1 aromatic heterocycles. The summed E-state index contributed by atoms with van der Waals surface area (Å²) in [6.45, 7) is 8.67. The Labute approximate surface area is 238 Å². The Morgan fingerprint density at radius 1 is 0.600 bits per heavy atom. The molecular weight excluding hydrogens is 483 g/mol. The molecule has 1 aliphatic rings. The van der Waals surface area contributed by atoms with Crippen molar-refractivity contribution < 1.29 is 0 Å². The number of rotatable bonds is 5. The van der Waals surface area contributed by atoms with E-state index in [4.69, 9.17) is 4.99 Å². The number of aliphatic imine (C=N–C) groups is 1. The van der Waals surface area contributed by atoms with Crippen LogP contribution in [0.15, 0.2) is 120 Å². The fourth-order valence-corrected chi connectivity index (χ4v) is 5.83. The minimum absolute atomic E-state index is 0.982. The quantitative estimate of drug-likeness (QED) is 0.209. The molecule has 0 amide bonds. The first-order valence-corrected chi connectivity index (χ1v) is 13.9. The molecule has 6 rings (SSSR count). The van der Waals surface area contributed by atoms with Gasteiger partial charge in [-0.25, -0.2) is 4.99 Å². The summed E-state index contributed by atoms with van der Waals surface area (Å²) in [6, 6.07) is 37.0. The fourth-order valence-electron chi connectivity index (χ4n) is 5.83. The zero-order valence-electron chi connectivity index (χ0n) is 23.9. The first-order valence-electron chi connectivity index (χ1n) is 13.9. The molecule has 194 valence electrons. The van der Waals surface area contributed by atoms with Crippen molar-refractivity contribution in [3.63, 3.8) is 0 Å². The third-order valence-corrected chi connectivity index (χ3v) is 7.56. The molecule has 0 N–H and O–H groups in total. The predicted octanol–water partition coefficient (Wildman–Crippen LogP) is 8.38. The number of benzene rings is 4. The van der Waals surface area contributed by atoms with Crippen molar-refractivity contribution in [3.8, 4) is 22.4 Å². The molecule has 0 atom stereocenters. The van der Waals surface area contributed by atoms with Gasteiger partial charge in [-0.3, -0.25) is 0 Å². The SMILES string of the molecule is Bn1c(-c2ccccc2)cc(-c2cc(C)cc(C)c2)c1/C=C1\N=C(c2ccccc2)C=C1c1cc(C)cc(C)c1. The highest BCUT2D eigenvalue weighted by atomic mass is 14.9. The maximum atomic E-state index is 5.24. The highest BCUT2D eigenvalue weighted by Crippen LogP contribution is 2.38. The lowest BCUT2D eigenvalue weighted by atomic mass is 9.96. The lowest BCUT2D eigenvalue weighted by molar-refractivity contribution is 1.23. The largest absolute Gasteiger partial charge is 0.393 e. The normalized spacial score (nSPS) is 13.9. The van der Waals surface area contributed by atoms with Crippen molar-refractivity contribution in [2.75, 3.05) is 0 Å². The summed E-state index contributed by atoms with van der Waals surface area (Å²) in [6.07, 6.45) is 4.52. The van der Waals surface area contributed by atoms with Crippen molar-refractivity contribution in [1.82, 2.24) is 4.48 Å². The second kappa shape index (κ2) is 10.5. The maximum Gasteiger partial charge on any atom is 0.223 e. The van der Waals surface area contributed by atoms with Crippen LogP contribution in [0.4, 0.5) is 0 Å². The molecule has 0 saturated carbocycles. The van der Waals surface area contributed by atoms with E-state index in [1.165, 1.54) is 50.2 Å². The van der Waals surface area contributed by atoms with Crippen LogP contribution in [0.3, 0.4) is 0 Å². The van der Waals surface area contributed by atoms with Gasteiger partial charge in [0.25, 0.3) is 0 Å². The molecule has 5 aromatic rings. The second-order valence-corrected chi connectivity index (χ2v) is 11.0. The van der Waals surface area contributed by atoms with E-state index in [0.29, 0.717) is 0 Å². The number of aromatic nitrogens is 1. The molecule has 0 radical (unpaired) electrons. The van der Waals surface area contributed by atoms with Crippen molar-refractivity contribution in [1.29, 1.82) is 0 Å². The standard InChI is InChI=1S/C37H33BN2/c1-24-15-25(2)18-30(17-24)32-21-34(28-11-7-5-8-12-28)39-35(32)23-37-33(31-19-26(3)16-27(4)20-31)22-36(40(37)38)29-13-9-6-10-14-29/h5-23H,38H2,1-4H3/b35-23-. The van der Waals surface area contributed by atoms with E-state index >= 15 is 0 Å². The molecule has 0 saturated heterocycles. The minimum atomic E-state index is 0.982. The molecule has 0 aliphatic carbocycles. The highest BCUT2D eigenvalue weighted by Gasteiger charge is 2.21. The van der Waals surface area contributed by atoms with Crippen LogP contribution in [0.5, 0.6) is 0 Å². The first kappa shape index (κ1) is 25.6. The van der Waals surface area contributed by atoms with Gasteiger partial charge in [-0.15, -0.1) is 0 Å². The van der Waals surface area contributed by atoms with Crippen LogP contribution in [0.25, 0.3) is 34.0 Å². The van der Waals surface area contributed by atoms with Gasteiger partial charge in [0, 0.05) is 28.1 Å². The molecule has 3 heteroatoms. The van der Waals surface area contributed by atoms with Gasteiger partial charge in [0.1, 0.15) is 0 Å². The Morgan fingerprint density at radius 2 is 1.12 bits per heavy atom. The predicted molar refractivity (Wildman–Crippen MR) is 174 cm³/mol. The number of hydrogen-bond donors (Lipinski definition) is 0. The van der Waals surface area contributed by atoms with Gasteiger partial charge in [-0.1, -0.05) is 119 Å². The zero-order valence-corrected chi connectivity index (χ0v) is 23.9. The van der Waals surface area contributed by atoms with Gasteiger partial charge in [0.15, 0.2) is 0 Å². The van der Waals surface area contributed by atoms with E-state index in [1.54, 1.807) is 0 Å². The Hall–Kier alpha value is -4.63. The molecule has 0 bridgehead atoms. The van der Waals surface area contributed by atoms with Crippen LogP contribution in [0.1, 0.15) is 39.1 Å². The topological polar surface area (TPSA) is 17.3 Å². The van der Waals surface area contributed by atoms with Gasteiger partial charge >= 0.3 is 0 Å². The van der Waals surface area contributed by atoms with Gasteiger partial charge < -0.3 is 4.48 Å². The third-order valence-electron chi connectivity index (χ3n) is 7.56. The Morgan fingerprint density at radius 3 is 1.70 bits per heavy atom. The van der Waals surface area contributed by atoms with Gasteiger partial charge in [0.2, 0.25) is 7.98 Å². The molecule has 0 fully saturated rings. The van der Waals surface area contributed by atoms with Crippen LogP contribution in [-0.2, 0) is 0 Å². The Kier molecular flexibility index (Phi) is 6.73. The number of aryl methyl sites for hydroxylation is 4. The molecule has 40 heavy (non-hydrogen) atoms. The van der Waals surface area contributed by atoms with Gasteiger partial charge in [-0.2, -0.15) is 0 Å². The zero-order chi connectivity index (χ0) is 27.8. The van der Waals surface area contributed by atoms with Crippen molar-refractivity contribution in [2.45, 2.75) is 27.7 Å². The van der Waals surface area contributed by atoms with Crippen molar-refractivity contribution in [2.24, 2.45) is 4.99 Å². The second-order valence-electron chi connectivity index (χ2n) is 11.0. The summed E-state index contributed by atoms with van der Waals surface area (Å²) >= 11 is 0. The van der Waals surface area contributed by atoms with Crippen molar-refractivity contribution >= 4 is 25.3 Å². The van der Waals surface area contributed by atoms with E-state index < -0.39 is 0 Å². The van der Waals surface area contributed by atoms with Crippen LogP contribution in [0, 0.1) is 27.7 Å². The Balaban J connectivity index is 1.59. The van der Waals surface area contributed by atoms with Crippen LogP contribution < -0.4 is 0 Å². The van der Waals surface area contributed by atoms with Gasteiger partial charge in [0.05, 0.1) is 11.4 Å². The van der Waals surface area contributed by atoms with E-state index in [0.717, 1.165) is 28.2 Å². The maximum absolute atomic E-state index is 5.24. The van der Waals surface area contributed by atoms with Gasteiger partial charge in [-0.05, 0) is 62.6 Å². The summed E-state index contributed by atoms with van der Waals surface area (Å²) in [5.74, 6) is 0. The van der Waals surface area contributed by atoms with Crippen LogP contribution >= 0.6 is 0 Å². The molecule has 1 aliphatic heterocycles.